The van der Waals surface area contributed by atoms with Gasteiger partial charge in [0, 0.05) is 26.2 Å². The number of benzene rings is 1. The van der Waals surface area contributed by atoms with Crippen molar-refractivity contribution in [1.82, 2.24) is 20.4 Å². The third-order valence-electron chi connectivity index (χ3n) is 5.02. The second-order valence-corrected chi connectivity index (χ2v) is 7.17. The molecule has 1 fully saturated rings. The molecule has 1 aliphatic heterocycles. The van der Waals surface area contributed by atoms with E-state index in [4.69, 9.17) is 4.74 Å². The topological polar surface area (TPSA) is 69.2 Å². The molecule has 1 aromatic rings. The standard InChI is InChI=1S/C20H30F3N5O2/c1-24-19(26-13-18(29)27(2)14-20(21,22)23)25-12-16(28-10-6-7-11-28)15-8-4-5-9-17(15)30-3/h4-5,8-9,16H,6-7,10-14H2,1-3H3,(H2,24,25,26). The van der Waals surface area contributed by atoms with Crippen LogP contribution in [0.1, 0.15) is 24.4 Å². The highest BCUT2D eigenvalue weighted by molar-refractivity contribution is 5.86. The highest BCUT2D eigenvalue weighted by Gasteiger charge is 2.31. The maximum Gasteiger partial charge on any atom is 0.406 e. The zero-order valence-corrected chi connectivity index (χ0v) is 17.6. The van der Waals surface area contributed by atoms with Gasteiger partial charge >= 0.3 is 6.18 Å². The Hall–Kier alpha value is -2.49. The number of alkyl halides is 3. The maximum atomic E-state index is 12.4. The summed E-state index contributed by atoms with van der Waals surface area (Å²) in [4.78, 5) is 19.0. The maximum absolute atomic E-state index is 12.4. The number of carbonyl (C=O) groups is 1. The Balaban J connectivity index is 1.98. The molecule has 168 valence electrons. The Bertz CT molecular complexity index is 721. The monoisotopic (exact) mass is 429 g/mol. The van der Waals surface area contributed by atoms with Crippen LogP contribution in [0.15, 0.2) is 29.3 Å². The van der Waals surface area contributed by atoms with Gasteiger partial charge in [-0.25, -0.2) is 0 Å². The van der Waals surface area contributed by atoms with Crippen molar-refractivity contribution < 1.29 is 22.7 Å². The summed E-state index contributed by atoms with van der Waals surface area (Å²) in [5.41, 5.74) is 1.05. The lowest BCUT2D eigenvalue weighted by atomic mass is 10.0. The van der Waals surface area contributed by atoms with Crippen molar-refractivity contribution in [1.29, 1.82) is 0 Å². The van der Waals surface area contributed by atoms with Gasteiger partial charge in [0.25, 0.3) is 0 Å². The number of nitrogens with zero attached hydrogens (tertiary/aromatic N) is 3. The Kier molecular flexibility index (Phi) is 8.76. The van der Waals surface area contributed by atoms with Crippen molar-refractivity contribution in [3.8, 4) is 5.75 Å². The van der Waals surface area contributed by atoms with E-state index >= 15 is 0 Å². The fourth-order valence-electron chi connectivity index (χ4n) is 3.50. The number of nitrogens with one attached hydrogen (secondary N) is 2. The lowest BCUT2D eigenvalue weighted by molar-refractivity contribution is -0.157. The first-order valence-corrected chi connectivity index (χ1v) is 9.87. The highest BCUT2D eigenvalue weighted by Crippen LogP contribution is 2.31. The third kappa shape index (κ3) is 7.08. The summed E-state index contributed by atoms with van der Waals surface area (Å²) < 4.78 is 42.9. The number of methoxy groups -OCH3 is 1. The summed E-state index contributed by atoms with van der Waals surface area (Å²) in [6.07, 6.45) is -2.18. The molecular weight excluding hydrogens is 399 g/mol. The second kappa shape index (κ2) is 11.1. The van der Waals surface area contributed by atoms with Crippen molar-refractivity contribution in [3.63, 3.8) is 0 Å². The molecule has 1 aliphatic rings. The van der Waals surface area contributed by atoms with Gasteiger partial charge in [0.15, 0.2) is 5.96 Å². The fraction of sp³-hybridized carbons (Fsp3) is 0.600. The van der Waals surface area contributed by atoms with Gasteiger partial charge in [0.2, 0.25) is 5.91 Å². The first-order chi connectivity index (χ1) is 14.2. The number of carbonyl (C=O) groups excluding carboxylic acids is 1. The number of rotatable bonds is 8. The van der Waals surface area contributed by atoms with Crippen LogP contribution in [-0.4, -0.2) is 81.8 Å². The Morgan fingerprint density at radius 3 is 2.53 bits per heavy atom. The van der Waals surface area contributed by atoms with Gasteiger partial charge in [0.1, 0.15) is 12.3 Å². The van der Waals surface area contributed by atoms with E-state index in [1.807, 2.05) is 24.3 Å². The summed E-state index contributed by atoms with van der Waals surface area (Å²) in [5, 5.41) is 5.98. The van der Waals surface area contributed by atoms with Gasteiger partial charge < -0.3 is 20.3 Å². The zero-order valence-electron chi connectivity index (χ0n) is 17.6. The highest BCUT2D eigenvalue weighted by atomic mass is 19.4. The van der Waals surface area contributed by atoms with Crippen LogP contribution in [0.5, 0.6) is 5.75 Å². The lowest BCUT2D eigenvalue weighted by Crippen LogP contribution is -2.47. The molecule has 0 aliphatic carbocycles. The largest absolute Gasteiger partial charge is 0.496 e. The molecule has 2 N–H and O–H groups in total. The molecule has 1 saturated heterocycles. The van der Waals surface area contributed by atoms with Crippen LogP contribution in [0.3, 0.4) is 0 Å². The molecule has 1 atom stereocenters. The summed E-state index contributed by atoms with van der Waals surface area (Å²) in [7, 11) is 4.31. The van der Waals surface area contributed by atoms with Gasteiger partial charge in [0.05, 0.1) is 19.7 Å². The van der Waals surface area contributed by atoms with Crippen molar-refractivity contribution in [3.05, 3.63) is 29.8 Å². The van der Waals surface area contributed by atoms with Crippen LogP contribution in [0, 0.1) is 0 Å². The normalized spacial score (nSPS) is 16.3. The van der Waals surface area contributed by atoms with E-state index < -0.39 is 18.6 Å². The van der Waals surface area contributed by atoms with Crippen molar-refractivity contribution >= 4 is 11.9 Å². The average Bonchev–Trinajstić information content (AvgIpc) is 3.23. The van der Waals surface area contributed by atoms with E-state index in [1.165, 1.54) is 0 Å². The quantitative estimate of drug-likeness (QED) is 0.489. The number of likely N-dealkylation sites (tertiary alicyclic amines) is 1. The summed E-state index contributed by atoms with van der Waals surface area (Å²) in [6, 6.07) is 7.85. The molecule has 10 heteroatoms. The number of ether oxygens (including phenoxy) is 1. The van der Waals surface area contributed by atoms with E-state index in [2.05, 4.69) is 20.5 Å². The Morgan fingerprint density at radius 2 is 1.93 bits per heavy atom. The third-order valence-corrected chi connectivity index (χ3v) is 5.02. The molecule has 30 heavy (non-hydrogen) atoms. The van der Waals surface area contributed by atoms with Gasteiger partial charge in [-0.3, -0.25) is 14.7 Å². The van der Waals surface area contributed by atoms with Crippen LogP contribution in [0.2, 0.25) is 0 Å². The van der Waals surface area contributed by atoms with Crippen LogP contribution in [-0.2, 0) is 4.79 Å². The predicted molar refractivity (Wildman–Crippen MR) is 110 cm³/mol. The fourth-order valence-corrected chi connectivity index (χ4v) is 3.50. The molecule has 1 heterocycles. The molecule has 0 radical (unpaired) electrons. The minimum Gasteiger partial charge on any atom is -0.496 e. The number of hydrogen-bond donors (Lipinski definition) is 2. The number of likely N-dealkylation sites (N-methyl/N-ethyl adjacent to an activating group) is 1. The SMILES string of the molecule is CN=C(NCC(=O)N(C)CC(F)(F)F)NCC(c1ccccc1OC)N1CCCC1. The first-order valence-electron chi connectivity index (χ1n) is 9.87. The zero-order chi connectivity index (χ0) is 22.1. The van der Waals surface area contributed by atoms with Crippen LogP contribution in [0.25, 0.3) is 0 Å². The van der Waals surface area contributed by atoms with Crippen LogP contribution in [0.4, 0.5) is 13.2 Å². The number of hydrogen-bond acceptors (Lipinski definition) is 4. The predicted octanol–water partition coefficient (Wildman–Crippen LogP) is 2.02. The Morgan fingerprint density at radius 1 is 1.27 bits per heavy atom. The number of halogens is 3. The summed E-state index contributed by atoms with van der Waals surface area (Å²) in [5.74, 6) is 0.474. The molecule has 7 nitrogen and oxygen atoms in total. The molecule has 1 unspecified atom stereocenters. The number of aliphatic imine (C=N–C) groups is 1. The summed E-state index contributed by atoms with van der Waals surface area (Å²) in [6.45, 7) is 0.876. The van der Waals surface area contributed by atoms with Crippen LogP contribution >= 0.6 is 0 Å². The molecule has 2 rings (SSSR count). The van der Waals surface area contributed by atoms with E-state index in [1.54, 1.807) is 14.2 Å². The lowest BCUT2D eigenvalue weighted by Gasteiger charge is -2.30. The minimum atomic E-state index is -4.43. The molecule has 0 spiro atoms. The minimum absolute atomic E-state index is 0.0332. The van der Waals surface area contributed by atoms with Gasteiger partial charge in [-0.1, -0.05) is 18.2 Å². The van der Waals surface area contributed by atoms with E-state index in [0.29, 0.717) is 17.4 Å². The second-order valence-electron chi connectivity index (χ2n) is 7.17. The molecular formula is C20H30F3N5O2. The number of para-hydroxylation sites is 1. The van der Waals surface area contributed by atoms with Crippen LogP contribution < -0.4 is 15.4 Å². The summed E-state index contributed by atoms with van der Waals surface area (Å²) >= 11 is 0. The average molecular weight is 429 g/mol. The van der Waals surface area contributed by atoms with E-state index in [-0.39, 0.29) is 12.6 Å². The molecule has 1 amide bonds. The molecule has 1 aromatic carbocycles. The first kappa shape index (κ1) is 23.8. The molecule has 0 saturated carbocycles. The van der Waals surface area contributed by atoms with Gasteiger partial charge in [-0.15, -0.1) is 0 Å². The Labute approximate surface area is 175 Å². The van der Waals surface area contributed by atoms with Crippen molar-refractivity contribution in [2.24, 2.45) is 4.99 Å². The van der Waals surface area contributed by atoms with Gasteiger partial charge in [-0.2, -0.15) is 13.2 Å². The van der Waals surface area contributed by atoms with E-state index in [0.717, 1.165) is 44.3 Å². The van der Waals surface area contributed by atoms with Crippen molar-refractivity contribution in [2.75, 3.05) is 53.9 Å². The number of amides is 1. The molecule has 0 aromatic heterocycles. The van der Waals surface area contributed by atoms with E-state index in [9.17, 15) is 18.0 Å². The smallest absolute Gasteiger partial charge is 0.406 e. The van der Waals surface area contributed by atoms with Gasteiger partial charge in [-0.05, 0) is 32.0 Å². The van der Waals surface area contributed by atoms with Crippen molar-refractivity contribution in [2.45, 2.75) is 25.1 Å². The molecule has 0 bridgehead atoms. The number of guanidine groups is 1.